The van der Waals surface area contributed by atoms with Crippen molar-refractivity contribution in [3.05, 3.63) is 83.2 Å². The van der Waals surface area contributed by atoms with Gasteiger partial charge in [-0.25, -0.2) is 4.39 Å². The summed E-state index contributed by atoms with van der Waals surface area (Å²) in [4.78, 5) is 0. The first-order valence-corrected chi connectivity index (χ1v) is 8.09. The summed E-state index contributed by atoms with van der Waals surface area (Å²) in [6.07, 6.45) is 6.39. The Balaban J connectivity index is 2.00. The number of rotatable bonds is 6. The van der Waals surface area contributed by atoms with Gasteiger partial charge in [-0.3, -0.25) is 0 Å². The third-order valence-corrected chi connectivity index (χ3v) is 3.62. The first kappa shape index (κ1) is 16.3. The van der Waals surface area contributed by atoms with Crippen molar-refractivity contribution >= 4 is 23.5 Å². The highest BCUT2D eigenvalue weighted by molar-refractivity contribution is 8.02. The molecule has 22 heavy (non-hydrogen) atoms. The lowest BCUT2D eigenvalue weighted by Gasteiger charge is -2.09. The summed E-state index contributed by atoms with van der Waals surface area (Å²) in [7, 11) is 0. The van der Waals surface area contributed by atoms with Crippen molar-refractivity contribution in [3.8, 4) is 0 Å². The van der Waals surface area contributed by atoms with Gasteiger partial charge in [0.15, 0.2) is 0 Å². The molecule has 0 aromatic heterocycles. The zero-order chi connectivity index (χ0) is 15.8. The maximum Gasteiger partial charge on any atom is 0.123 e. The molecule has 2 nitrogen and oxygen atoms in total. The van der Waals surface area contributed by atoms with Crippen LogP contribution in [0.2, 0.25) is 0 Å². The molecule has 0 bridgehead atoms. The fraction of sp³-hybridized carbons (Fsp3) is 0.111. The summed E-state index contributed by atoms with van der Waals surface area (Å²) < 4.78 is 12.8. The molecule has 4 heteroatoms. The van der Waals surface area contributed by atoms with Crippen molar-refractivity contribution in [2.24, 2.45) is 0 Å². The lowest BCUT2D eigenvalue weighted by molar-refractivity contribution is 0.272. The van der Waals surface area contributed by atoms with Crippen LogP contribution in [0.5, 0.6) is 0 Å². The van der Waals surface area contributed by atoms with Gasteiger partial charge in [0.25, 0.3) is 0 Å². The summed E-state index contributed by atoms with van der Waals surface area (Å²) >= 11 is 1.52. The van der Waals surface area contributed by atoms with Gasteiger partial charge in [0.2, 0.25) is 0 Å². The number of hydrogen-bond acceptors (Lipinski definition) is 3. The van der Waals surface area contributed by atoms with Crippen LogP contribution in [0.3, 0.4) is 0 Å². The largest absolute Gasteiger partial charge is 0.385 e. The van der Waals surface area contributed by atoms with Crippen LogP contribution < -0.4 is 5.32 Å². The molecule has 0 aliphatic heterocycles. The van der Waals surface area contributed by atoms with Crippen LogP contribution in [0.1, 0.15) is 5.56 Å². The molecule has 0 aliphatic carbocycles. The van der Waals surface area contributed by atoms with Crippen LogP contribution in [0.25, 0.3) is 6.08 Å². The SMILES string of the molecule is CS/C(=C/C(O)/C=C/c1ccc(F)cc1)Nc1ccccc1. The van der Waals surface area contributed by atoms with Gasteiger partial charge in [-0.2, -0.15) is 0 Å². The molecule has 0 amide bonds. The van der Waals surface area contributed by atoms with E-state index >= 15 is 0 Å². The smallest absolute Gasteiger partial charge is 0.123 e. The molecule has 0 saturated heterocycles. The van der Waals surface area contributed by atoms with Crippen molar-refractivity contribution in [3.63, 3.8) is 0 Å². The topological polar surface area (TPSA) is 32.3 Å². The van der Waals surface area contributed by atoms with E-state index in [-0.39, 0.29) is 5.82 Å². The summed E-state index contributed by atoms with van der Waals surface area (Å²) in [6.45, 7) is 0. The monoisotopic (exact) mass is 315 g/mol. The molecule has 1 atom stereocenters. The molecule has 0 fully saturated rings. The van der Waals surface area contributed by atoms with Crippen LogP contribution in [0.4, 0.5) is 10.1 Å². The Labute approximate surface area is 134 Å². The Morgan fingerprint density at radius 1 is 1.14 bits per heavy atom. The minimum absolute atomic E-state index is 0.269. The van der Waals surface area contributed by atoms with Gasteiger partial charge in [0.05, 0.1) is 11.1 Å². The summed E-state index contributed by atoms with van der Waals surface area (Å²) in [5, 5.41) is 14.2. The van der Waals surface area contributed by atoms with E-state index in [2.05, 4.69) is 5.32 Å². The van der Waals surface area contributed by atoms with Gasteiger partial charge < -0.3 is 10.4 Å². The van der Waals surface area contributed by atoms with Crippen LogP contribution >= 0.6 is 11.8 Å². The Bertz CT molecular complexity index is 638. The highest BCUT2D eigenvalue weighted by atomic mass is 32.2. The van der Waals surface area contributed by atoms with Gasteiger partial charge in [-0.05, 0) is 42.2 Å². The highest BCUT2D eigenvalue weighted by Gasteiger charge is 2.00. The molecule has 0 heterocycles. The normalized spacial score (nSPS) is 13.3. The molecular weight excluding hydrogens is 297 g/mol. The van der Waals surface area contributed by atoms with E-state index in [4.69, 9.17) is 0 Å². The summed E-state index contributed by atoms with van der Waals surface area (Å²) in [5.41, 5.74) is 1.81. The van der Waals surface area contributed by atoms with E-state index in [1.807, 2.05) is 36.6 Å². The zero-order valence-electron chi connectivity index (χ0n) is 12.2. The number of anilines is 1. The van der Waals surface area contributed by atoms with E-state index < -0.39 is 6.10 Å². The molecule has 114 valence electrons. The lowest BCUT2D eigenvalue weighted by Crippen LogP contribution is -2.03. The van der Waals surface area contributed by atoms with Crippen LogP contribution in [0.15, 0.2) is 71.8 Å². The Kier molecular flexibility index (Phi) is 6.25. The molecule has 1 unspecified atom stereocenters. The minimum atomic E-state index is -0.719. The number of para-hydroxylation sites is 1. The molecule has 2 aromatic carbocycles. The van der Waals surface area contributed by atoms with Crippen molar-refractivity contribution in [2.45, 2.75) is 6.10 Å². The molecule has 2 N–H and O–H groups in total. The highest BCUT2D eigenvalue weighted by Crippen LogP contribution is 2.17. The van der Waals surface area contributed by atoms with Crippen LogP contribution in [-0.2, 0) is 0 Å². The number of thioether (sulfide) groups is 1. The molecule has 2 rings (SSSR count). The van der Waals surface area contributed by atoms with E-state index in [0.717, 1.165) is 16.3 Å². The van der Waals surface area contributed by atoms with Crippen molar-refractivity contribution in [1.29, 1.82) is 0 Å². The second-order valence-electron chi connectivity index (χ2n) is 4.63. The maximum absolute atomic E-state index is 12.8. The van der Waals surface area contributed by atoms with E-state index in [9.17, 15) is 9.50 Å². The first-order chi connectivity index (χ1) is 10.7. The average Bonchev–Trinajstić information content (AvgIpc) is 2.54. The van der Waals surface area contributed by atoms with Gasteiger partial charge in [-0.1, -0.05) is 42.5 Å². The Morgan fingerprint density at radius 3 is 2.45 bits per heavy atom. The fourth-order valence-electron chi connectivity index (χ4n) is 1.82. The van der Waals surface area contributed by atoms with Crippen molar-refractivity contribution < 1.29 is 9.50 Å². The lowest BCUT2D eigenvalue weighted by atomic mass is 10.2. The molecule has 0 saturated carbocycles. The molecular formula is C18H18FNOS. The van der Waals surface area contributed by atoms with E-state index in [1.165, 1.54) is 23.9 Å². The Hall–Kier alpha value is -2.04. The van der Waals surface area contributed by atoms with Gasteiger partial charge in [0, 0.05) is 5.69 Å². The van der Waals surface area contributed by atoms with Crippen LogP contribution in [0, 0.1) is 5.82 Å². The number of aliphatic hydroxyl groups excluding tert-OH is 1. The predicted octanol–water partition coefficient (Wildman–Crippen LogP) is 4.52. The van der Waals surface area contributed by atoms with Gasteiger partial charge >= 0.3 is 0 Å². The van der Waals surface area contributed by atoms with Crippen molar-refractivity contribution in [2.75, 3.05) is 11.6 Å². The average molecular weight is 315 g/mol. The second kappa shape index (κ2) is 8.41. The number of benzene rings is 2. The quantitative estimate of drug-likeness (QED) is 0.822. The second-order valence-corrected chi connectivity index (χ2v) is 5.48. The third kappa shape index (κ3) is 5.39. The number of halogens is 1. The molecule has 2 aromatic rings. The van der Waals surface area contributed by atoms with Gasteiger partial charge in [-0.15, -0.1) is 11.8 Å². The molecule has 0 spiro atoms. The summed E-state index contributed by atoms with van der Waals surface area (Å²) in [5.74, 6) is -0.269. The zero-order valence-corrected chi connectivity index (χ0v) is 13.1. The number of hydrogen-bond donors (Lipinski definition) is 2. The van der Waals surface area contributed by atoms with Gasteiger partial charge in [0.1, 0.15) is 5.82 Å². The maximum atomic E-state index is 12.8. The minimum Gasteiger partial charge on any atom is -0.385 e. The standard InChI is InChI=1S/C18H18FNOS/c1-22-18(20-16-5-3-2-4-6-16)13-17(21)12-9-14-7-10-15(19)11-8-14/h2-13,17,20-21H,1H3/b12-9+,18-13+. The van der Waals surface area contributed by atoms with Crippen molar-refractivity contribution in [1.82, 2.24) is 0 Å². The number of aliphatic hydroxyl groups is 1. The third-order valence-electron chi connectivity index (χ3n) is 2.94. The first-order valence-electron chi connectivity index (χ1n) is 6.87. The van der Waals surface area contributed by atoms with Crippen LogP contribution in [-0.4, -0.2) is 17.5 Å². The number of nitrogens with one attached hydrogen (secondary N) is 1. The van der Waals surface area contributed by atoms with E-state index in [0.29, 0.717) is 0 Å². The van der Waals surface area contributed by atoms with E-state index in [1.54, 1.807) is 30.4 Å². The molecule has 0 radical (unpaired) electrons. The Morgan fingerprint density at radius 2 is 1.82 bits per heavy atom. The molecule has 0 aliphatic rings. The fourth-order valence-corrected chi connectivity index (χ4v) is 2.31. The predicted molar refractivity (Wildman–Crippen MR) is 93.1 cm³/mol. The summed E-state index contributed by atoms with van der Waals surface area (Å²) in [6, 6.07) is 15.9.